The zero-order valence-corrected chi connectivity index (χ0v) is 12.9. The molecule has 116 valence electrons. The maximum absolute atomic E-state index is 12.1. The molecule has 2 atom stereocenters. The van der Waals surface area contributed by atoms with E-state index in [1.807, 2.05) is 32.0 Å². The predicted molar refractivity (Wildman–Crippen MR) is 81.3 cm³/mol. The minimum atomic E-state index is -0.427. The van der Waals surface area contributed by atoms with Crippen LogP contribution in [0.4, 0.5) is 4.79 Å². The van der Waals surface area contributed by atoms with Crippen molar-refractivity contribution in [3.63, 3.8) is 0 Å². The first-order chi connectivity index (χ1) is 10.0. The quantitative estimate of drug-likeness (QED) is 0.894. The van der Waals surface area contributed by atoms with Crippen molar-refractivity contribution in [2.75, 3.05) is 20.2 Å². The van der Waals surface area contributed by atoms with Gasteiger partial charge in [-0.15, -0.1) is 0 Å². The van der Waals surface area contributed by atoms with Crippen LogP contribution in [0, 0.1) is 12.8 Å². The van der Waals surface area contributed by atoms with Crippen LogP contribution in [-0.2, 0) is 6.54 Å². The first-order valence-corrected chi connectivity index (χ1v) is 7.35. The van der Waals surface area contributed by atoms with Crippen molar-refractivity contribution >= 4 is 6.03 Å². The standard InChI is InChI=1S/C16H24N2O3/c1-11-6-7-18(10-14(11)19)16(20)17-9-13-5-4-12(2)15(8-13)21-3/h4-5,8,11,14,19H,6-7,9-10H2,1-3H3,(H,17,20). The molecule has 5 heteroatoms. The van der Waals surface area contributed by atoms with Crippen LogP contribution in [0.1, 0.15) is 24.5 Å². The third kappa shape index (κ3) is 3.88. The van der Waals surface area contributed by atoms with E-state index in [1.54, 1.807) is 12.0 Å². The number of nitrogens with one attached hydrogen (secondary N) is 1. The van der Waals surface area contributed by atoms with Crippen molar-refractivity contribution in [1.29, 1.82) is 0 Å². The highest BCUT2D eigenvalue weighted by atomic mass is 16.5. The molecule has 21 heavy (non-hydrogen) atoms. The Balaban J connectivity index is 1.89. The molecule has 0 spiro atoms. The van der Waals surface area contributed by atoms with Gasteiger partial charge in [-0.2, -0.15) is 0 Å². The number of aryl methyl sites for hydroxylation is 1. The number of amides is 2. The molecule has 2 unspecified atom stereocenters. The van der Waals surface area contributed by atoms with E-state index >= 15 is 0 Å². The van der Waals surface area contributed by atoms with Gasteiger partial charge in [0.25, 0.3) is 0 Å². The normalized spacial score (nSPS) is 22.0. The van der Waals surface area contributed by atoms with Crippen molar-refractivity contribution < 1.29 is 14.6 Å². The Kier molecular flexibility index (Phi) is 5.07. The molecule has 1 aliphatic rings. The van der Waals surface area contributed by atoms with Crippen molar-refractivity contribution in [2.45, 2.75) is 32.9 Å². The molecule has 0 radical (unpaired) electrons. The molecule has 0 aromatic heterocycles. The van der Waals surface area contributed by atoms with Gasteiger partial charge in [0.2, 0.25) is 0 Å². The Labute approximate surface area is 125 Å². The molecule has 1 aromatic carbocycles. The van der Waals surface area contributed by atoms with Crippen LogP contribution >= 0.6 is 0 Å². The fourth-order valence-corrected chi connectivity index (χ4v) is 2.50. The number of hydrogen-bond acceptors (Lipinski definition) is 3. The second-order valence-corrected chi connectivity index (χ2v) is 5.74. The molecule has 0 saturated carbocycles. The number of benzene rings is 1. The van der Waals surface area contributed by atoms with E-state index in [0.717, 1.165) is 23.3 Å². The molecule has 1 fully saturated rings. The van der Waals surface area contributed by atoms with Crippen LogP contribution in [0.2, 0.25) is 0 Å². The monoisotopic (exact) mass is 292 g/mol. The number of β-amino-alcohol motifs (C(OH)–C–C–N with tert-alkyl or cyclic N) is 1. The van der Waals surface area contributed by atoms with E-state index in [-0.39, 0.29) is 11.9 Å². The summed E-state index contributed by atoms with van der Waals surface area (Å²) in [4.78, 5) is 13.8. The van der Waals surface area contributed by atoms with E-state index in [2.05, 4.69) is 5.32 Å². The van der Waals surface area contributed by atoms with E-state index in [4.69, 9.17) is 4.74 Å². The summed E-state index contributed by atoms with van der Waals surface area (Å²) in [7, 11) is 1.64. The Morgan fingerprint density at radius 3 is 2.95 bits per heavy atom. The second-order valence-electron chi connectivity index (χ2n) is 5.74. The molecule has 0 aliphatic carbocycles. The van der Waals surface area contributed by atoms with Gasteiger partial charge < -0.3 is 20.1 Å². The van der Waals surface area contributed by atoms with Crippen LogP contribution in [0.15, 0.2) is 18.2 Å². The lowest BCUT2D eigenvalue weighted by Crippen LogP contribution is -2.49. The summed E-state index contributed by atoms with van der Waals surface area (Å²) in [5, 5.41) is 12.7. The number of methoxy groups -OCH3 is 1. The summed E-state index contributed by atoms with van der Waals surface area (Å²) in [5.74, 6) is 1.08. The first-order valence-electron chi connectivity index (χ1n) is 7.35. The highest BCUT2D eigenvalue weighted by Gasteiger charge is 2.26. The summed E-state index contributed by atoms with van der Waals surface area (Å²) in [5.41, 5.74) is 2.07. The minimum Gasteiger partial charge on any atom is -0.496 e. The maximum Gasteiger partial charge on any atom is 0.317 e. The molecule has 1 heterocycles. The van der Waals surface area contributed by atoms with Crippen LogP contribution in [0.5, 0.6) is 5.75 Å². The molecular weight excluding hydrogens is 268 g/mol. The minimum absolute atomic E-state index is 0.125. The Morgan fingerprint density at radius 2 is 2.29 bits per heavy atom. The van der Waals surface area contributed by atoms with Gasteiger partial charge in [0.05, 0.1) is 13.2 Å². The smallest absolute Gasteiger partial charge is 0.317 e. The van der Waals surface area contributed by atoms with Crippen LogP contribution in [0.25, 0.3) is 0 Å². The Morgan fingerprint density at radius 1 is 1.52 bits per heavy atom. The molecule has 2 rings (SSSR count). The molecule has 0 bridgehead atoms. The molecule has 2 amide bonds. The summed E-state index contributed by atoms with van der Waals surface area (Å²) < 4.78 is 5.28. The van der Waals surface area contributed by atoms with E-state index < -0.39 is 6.10 Å². The third-order valence-corrected chi connectivity index (χ3v) is 4.12. The van der Waals surface area contributed by atoms with Crippen LogP contribution in [0.3, 0.4) is 0 Å². The van der Waals surface area contributed by atoms with Crippen molar-refractivity contribution in [3.8, 4) is 5.75 Å². The average molecular weight is 292 g/mol. The number of aliphatic hydroxyl groups excluding tert-OH is 1. The molecule has 1 saturated heterocycles. The van der Waals surface area contributed by atoms with Gasteiger partial charge >= 0.3 is 6.03 Å². The largest absolute Gasteiger partial charge is 0.496 e. The van der Waals surface area contributed by atoms with Crippen molar-refractivity contribution in [3.05, 3.63) is 29.3 Å². The number of hydrogen-bond donors (Lipinski definition) is 2. The van der Waals surface area contributed by atoms with Crippen molar-refractivity contribution in [1.82, 2.24) is 10.2 Å². The Bertz CT molecular complexity index is 504. The van der Waals surface area contributed by atoms with Gasteiger partial charge in [-0.1, -0.05) is 19.1 Å². The lowest BCUT2D eigenvalue weighted by Gasteiger charge is -2.34. The third-order valence-electron chi connectivity index (χ3n) is 4.12. The number of likely N-dealkylation sites (tertiary alicyclic amines) is 1. The molecule has 1 aliphatic heterocycles. The van der Waals surface area contributed by atoms with E-state index in [0.29, 0.717) is 19.6 Å². The molecule has 2 N–H and O–H groups in total. The van der Waals surface area contributed by atoms with E-state index in [9.17, 15) is 9.90 Å². The van der Waals surface area contributed by atoms with Crippen LogP contribution in [-0.4, -0.2) is 42.3 Å². The molecule has 5 nitrogen and oxygen atoms in total. The van der Waals surface area contributed by atoms with Gasteiger partial charge in [0, 0.05) is 19.6 Å². The van der Waals surface area contributed by atoms with Gasteiger partial charge in [0.15, 0.2) is 0 Å². The van der Waals surface area contributed by atoms with Gasteiger partial charge in [-0.3, -0.25) is 0 Å². The number of urea groups is 1. The number of nitrogens with zero attached hydrogens (tertiary/aromatic N) is 1. The van der Waals surface area contributed by atoms with E-state index in [1.165, 1.54) is 0 Å². The number of carbonyl (C=O) groups is 1. The van der Waals surface area contributed by atoms with Crippen LogP contribution < -0.4 is 10.1 Å². The van der Waals surface area contributed by atoms with Gasteiger partial charge in [0.1, 0.15) is 5.75 Å². The van der Waals surface area contributed by atoms with Gasteiger partial charge in [-0.25, -0.2) is 4.79 Å². The summed E-state index contributed by atoms with van der Waals surface area (Å²) >= 11 is 0. The fraction of sp³-hybridized carbons (Fsp3) is 0.562. The van der Waals surface area contributed by atoms with Gasteiger partial charge in [-0.05, 0) is 36.5 Å². The van der Waals surface area contributed by atoms with Crippen molar-refractivity contribution in [2.24, 2.45) is 5.92 Å². The number of aliphatic hydroxyl groups is 1. The topological polar surface area (TPSA) is 61.8 Å². The number of ether oxygens (including phenoxy) is 1. The molecular formula is C16H24N2O3. The fourth-order valence-electron chi connectivity index (χ4n) is 2.50. The lowest BCUT2D eigenvalue weighted by molar-refractivity contribution is 0.0435. The maximum atomic E-state index is 12.1. The Hall–Kier alpha value is -1.75. The summed E-state index contributed by atoms with van der Waals surface area (Å²) in [6.45, 7) is 5.55. The SMILES string of the molecule is COc1cc(CNC(=O)N2CCC(C)C(O)C2)ccc1C. The zero-order valence-electron chi connectivity index (χ0n) is 12.9. The highest BCUT2D eigenvalue weighted by molar-refractivity contribution is 5.74. The number of piperidine rings is 1. The molecule has 1 aromatic rings. The average Bonchev–Trinajstić information content (AvgIpc) is 2.48. The summed E-state index contributed by atoms with van der Waals surface area (Å²) in [6, 6.07) is 5.76. The second kappa shape index (κ2) is 6.80. The first kappa shape index (κ1) is 15.6. The zero-order chi connectivity index (χ0) is 15.4. The number of rotatable bonds is 3. The highest BCUT2D eigenvalue weighted by Crippen LogP contribution is 2.19. The summed E-state index contributed by atoms with van der Waals surface area (Å²) in [6.07, 6.45) is 0.413. The predicted octanol–water partition coefficient (Wildman–Crippen LogP) is 1.92. The lowest BCUT2D eigenvalue weighted by atomic mass is 9.96. The number of carbonyl (C=O) groups excluding carboxylic acids is 1.